The first kappa shape index (κ1) is 16.4. The van der Waals surface area contributed by atoms with E-state index in [2.05, 4.69) is 5.10 Å². The summed E-state index contributed by atoms with van der Waals surface area (Å²) in [4.78, 5) is 25.3. The minimum atomic E-state index is -0.225. The van der Waals surface area contributed by atoms with Crippen molar-refractivity contribution in [2.75, 3.05) is 0 Å². The minimum Gasteiger partial charge on any atom is -0.295 e. The van der Waals surface area contributed by atoms with Gasteiger partial charge in [-0.1, -0.05) is 48.0 Å². The molecule has 128 valence electrons. The Labute approximate surface area is 155 Å². The monoisotopic (exact) mass is 362 g/mol. The lowest BCUT2D eigenvalue weighted by molar-refractivity contribution is -0.109. The first-order valence-electron chi connectivity index (χ1n) is 8.15. The number of carbonyl (C=O) groups excluding carboxylic acids is 1. The zero-order valence-corrected chi connectivity index (χ0v) is 14.7. The van der Waals surface area contributed by atoms with Crippen LogP contribution in [0.15, 0.2) is 59.4 Å². The number of rotatable bonds is 2. The van der Waals surface area contributed by atoms with Gasteiger partial charge in [-0.25, -0.2) is 4.68 Å². The first-order valence-corrected chi connectivity index (χ1v) is 8.53. The number of carbonyl (C=O) groups is 1. The number of ketones is 1. The Morgan fingerprint density at radius 2 is 1.85 bits per heavy atom. The van der Waals surface area contributed by atoms with Gasteiger partial charge >= 0.3 is 0 Å². The van der Waals surface area contributed by atoms with E-state index in [0.717, 1.165) is 11.1 Å². The van der Waals surface area contributed by atoms with Gasteiger partial charge in [-0.15, -0.1) is 0 Å². The fourth-order valence-electron chi connectivity index (χ4n) is 3.10. The molecule has 1 aliphatic rings. The molecule has 1 N–H and O–H groups in total. The Morgan fingerprint density at radius 3 is 2.65 bits per heavy atom. The highest BCUT2D eigenvalue weighted by atomic mass is 35.5. The van der Waals surface area contributed by atoms with Crippen molar-refractivity contribution in [2.45, 2.75) is 6.92 Å². The summed E-state index contributed by atoms with van der Waals surface area (Å²) >= 11 is 6.03. The number of aromatic amines is 1. The maximum atomic E-state index is 12.9. The van der Waals surface area contributed by atoms with E-state index in [9.17, 15) is 9.59 Å². The van der Waals surface area contributed by atoms with Crippen molar-refractivity contribution in [3.05, 3.63) is 92.4 Å². The molecule has 2 aromatic carbocycles. The second-order valence-corrected chi connectivity index (χ2v) is 6.55. The number of hydrogen-bond donors (Lipinski definition) is 1. The van der Waals surface area contributed by atoms with Crippen molar-refractivity contribution >= 4 is 35.1 Å². The number of halogens is 1. The van der Waals surface area contributed by atoms with Crippen LogP contribution in [0.25, 0.3) is 23.4 Å². The van der Waals surface area contributed by atoms with Crippen LogP contribution in [-0.4, -0.2) is 15.6 Å². The van der Waals surface area contributed by atoms with Gasteiger partial charge in [0, 0.05) is 16.3 Å². The molecule has 4 nitrogen and oxygen atoms in total. The van der Waals surface area contributed by atoms with Crippen LogP contribution in [0.1, 0.15) is 22.4 Å². The van der Waals surface area contributed by atoms with Gasteiger partial charge in [-0.2, -0.15) is 0 Å². The lowest BCUT2D eigenvalue weighted by Gasteiger charge is -2.12. The van der Waals surface area contributed by atoms with Crippen LogP contribution in [0.3, 0.4) is 0 Å². The van der Waals surface area contributed by atoms with E-state index < -0.39 is 0 Å². The lowest BCUT2D eigenvalue weighted by atomic mass is 9.90. The number of nitrogens with one attached hydrogen (secondary N) is 1. The summed E-state index contributed by atoms with van der Waals surface area (Å²) < 4.78 is 1.43. The van der Waals surface area contributed by atoms with Crippen LogP contribution in [0, 0.1) is 6.92 Å². The number of fused-ring (bicyclic) bond motifs is 1. The van der Waals surface area contributed by atoms with E-state index >= 15 is 0 Å². The topological polar surface area (TPSA) is 54.9 Å². The molecule has 0 spiro atoms. The van der Waals surface area contributed by atoms with Crippen LogP contribution < -0.4 is 5.56 Å². The molecular weight excluding hydrogens is 348 g/mol. The average molecular weight is 363 g/mol. The number of nitrogens with zero attached hydrogens (tertiary/aromatic N) is 1. The molecule has 0 saturated carbocycles. The van der Waals surface area contributed by atoms with Gasteiger partial charge in [0.05, 0.1) is 11.3 Å². The Bertz CT molecular complexity index is 1150. The van der Waals surface area contributed by atoms with Crippen molar-refractivity contribution in [3.8, 4) is 5.69 Å². The molecule has 0 radical (unpaired) electrons. The Morgan fingerprint density at radius 1 is 1.04 bits per heavy atom. The summed E-state index contributed by atoms with van der Waals surface area (Å²) in [6, 6.07) is 14.7. The Hall–Kier alpha value is -3.11. The summed E-state index contributed by atoms with van der Waals surface area (Å²) in [6.07, 6.45) is 4.99. The van der Waals surface area contributed by atoms with Crippen molar-refractivity contribution in [1.82, 2.24) is 9.78 Å². The number of allylic oxidation sites excluding steroid dienone is 2. The van der Waals surface area contributed by atoms with E-state index in [0.29, 0.717) is 27.5 Å². The predicted molar refractivity (Wildman–Crippen MR) is 104 cm³/mol. The number of aromatic nitrogens is 2. The van der Waals surface area contributed by atoms with Crippen molar-refractivity contribution in [2.24, 2.45) is 0 Å². The molecule has 0 bridgehead atoms. The van der Waals surface area contributed by atoms with Crippen molar-refractivity contribution < 1.29 is 4.79 Å². The van der Waals surface area contributed by atoms with E-state index in [4.69, 9.17) is 11.6 Å². The van der Waals surface area contributed by atoms with Crippen LogP contribution in [-0.2, 0) is 4.79 Å². The summed E-state index contributed by atoms with van der Waals surface area (Å²) in [7, 11) is 0. The number of H-pyrrole nitrogens is 1. The fraction of sp³-hybridized carbons (Fsp3) is 0.0476. The van der Waals surface area contributed by atoms with E-state index in [1.54, 1.807) is 36.4 Å². The number of aryl methyl sites for hydroxylation is 1. The largest absolute Gasteiger partial charge is 0.295 e. The molecule has 4 rings (SSSR count). The van der Waals surface area contributed by atoms with Crippen LogP contribution in [0.2, 0.25) is 5.02 Å². The van der Waals surface area contributed by atoms with Gasteiger partial charge in [0.1, 0.15) is 0 Å². The van der Waals surface area contributed by atoms with Gasteiger partial charge in [-0.3, -0.25) is 14.7 Å². The summed E-state index contributed by atoms with van der Waals surface area (Å²) in [6.45, 7) is 1.81. The number of hydrogen-bond acceptors (Lipinski definition) is 2. The van der Waals surface area contributed by atoms with Crippen LogP contribution in [0.5, 0.6) is 0 Å². The fourth-order valence-corrected chi connectivity index (χ4v) is 3.28. The molecule has 3 aromatic rings. The van der Waals surface area contributed by atoms with E-state index in [1.807, 2.05) is 31.2 Å². The molecule has 1 aliphatic carbocycles. The van der Waals surface area contributed by atoms with Gasteiger partial charge in [0.15, 0.2) is 5.78 Å². The molecule has 1 heterocycles. The van der Waals surface area contributed by atoms with Gasteiger partial charge in [-0.05, 0) is 48.4 Å². The normalized spacial score (nSPS) is 14.7. The molecule has 0 amide bonds. The standard InChI is InChI=1S/C21H15ClN2O2/c1-13-18(21(26)24(23-13)16-7-4-6-15(22)11-16)12-19-17-8-3-2-5-14(17)9-10-20(19)25/h2-12,23H,1H3/b19-12-. The molecule has 0 aliphatic heterocycles. The summed E-state index contributed by atoms with van der Waals surface area (Å²) in [5, 5.41) is 3.60. The highest BCUT2D eigenvalue weighted by Crippen LogP contribution is 2.28. The predicted octanol–water partition coefficient (Wildman–Crippen LogP) is 4.26. The van der Waals surface area contributed by atoms with Gasteiger partial charge in [0.2, 0.25) is 0 Å². The third kappa shape index (κ3) is 2.74. The second-order valence-electron chi connectivity index (χ2n) is 6.11. The van der Waals surface area contributed by atoms with Crippen LogP contribution >= 0.6 is 11.6 Å². The molecule has 5 heteroatoms. The Kier molecular flexibility index (Phi) is 3.98. The minimum absolute atomic E-state index is 0.113. The lowest BCUT2D eigenvalue weighted by Crippen LogP contribution is -2.16. The molecule has 0 atom stereocenters. The highest BCUT2D eigenvalue weighted by molar-refractivity contribution is 6.33. The molecule has 0 saturated heterocycles. The summed E-state index contributed by atoms with van der Waals surface area (Å²) in [5.41, 5.74) is 3.86. The Balaban J connectivity index is 1.88. The van der Waals surface area contributed by atoms with E-state index in [1.165, 1.54) is 10.8 Å². The zero-order chi connectivity index (χ0) is 18.3. The van der Waals surface area contributed by atoms with Gasteiger partial charge in [0.25, 0.3) is 5.56 Å². The van der Waals surface area contributed by atoms with Gasteiger partial charge < -0.3 is 0 Å². The highest BCUT2D eigenvalue weighted by Gasteiger charge is 2.19. The quantitative estimate of drug-likeness (QED) is 0.692. The van der Waals surface area contributed by atoms with Crippen molar-refractivity contribution in [3.63, 3.8) is 0 Å². The molecule has 26 heavy (non-hydrogen) atoms. The first-order chi connectivity index (χ1) is 12.5. The molecule has 0 unspecified atom stereocenters. The second kappa shape index (κ2) is 6.32. The zero-order valence-electron chi connectivity index (χ0n) is 14.0. The third-order valence-corrected chi connectivity index (χ3v) is 4.64. The molecule has 1 aromatic heterocycles. The van der Waals surface area contributed by atoms with Crippen LogP contribution in [0.4, 0.5) is 0 Å². The summed E-state index contributed by atoms with van der Waals surface area (Å²) in [5.74, 6) is -0.113. The third-order valence-electron chi connectivity index (χ3n) is 4.40. The number of benzene rings is 2. The molecule has 0 fully saturated rings. The average Bonchev–Trinajstić information content (AvgIpc) is 2.92. The van der Waals surface area contributed by atoms with Crippen molar-refractivity contribution in [1.29, 1.82) is 0 Å². The smallest absolute Gasteiger partial charge is 0.278 e. The SMILES string of the molecule is Cc1[nH]n(-c2cccc(Cl)c2)c(=O)c1/C=C1\C(=O)C=Cc2ccccc21. The molecular formula is C21H15ClN2O2. The van der Waals surface area contributed by atoms with E-state index in [-0.39, 0.29) is 11.3 Å². The maximum absolute atomic E-state index is 12.9. The maximum Gasteiger partial charge on any atom is 0.278 e.